The topological polar surface area (TPSA) is 103 Å². The van der Waals surface area contributed by atoms with Crippen molar-refractivity contribution in [2.24, 2.45) is 0 Å². The van der Waals surface area contributed by atoms with Gasteiger partial charge in [0.25, 0.3) is 5.56 Å². The molecule has 0 atom stereocenters. The third-order valence-electron chi connectivity index (χ3n) is 4.01. The summed E-state index contributed by atoms with van der Waals surface area (Å²) < 4.78 is 6.06. The SMILES string of the molecule is CCOC(=O)c1sc(NC(=O)Cn2nc(-c3ccc(C)cc3)ccc2=O)nc1C. The monoisotopic (exact) mass is 412 g/mol. The maximum Gasteiger partial charge on any atom is 0.350 e. The zero-order chi connectivity index (χ0) is 21.0. The second kappa shape index (κ2) is 8.78. The number of esters is 1. The number of aromatic nitrogens is 3. The Bertz CT molecular complexity index is 1100. The van der Waals surface area contributed by atoms with Crippen molar-refractivity contribution < 1.29 is 14.3 Å². The normalized spacial score (nSPS) is 10.6. The van der Waals surface area contributed by atoms with E-state index in [2.05, 4.69) is 15.4 Å². The number of ether oxygens (including phenoxy) is 1. The van der Waals surface area contributed by atoms with E-state index in [1.165, 1.54) is 6.07 Å². The molecule has 0 saturated heterocycles. The molecule has 9 heteroatoms. The number of aryl methyl sites for hydroxylation is 2. The Kier molecular flexibility index (Phi) is 6.18. The predicted molar refractivity (Wildman–Crippen MR) is 110 cm³/mol. The van der Waals surface area contributed by atoms with Gasteiger partial charge in [-0.1, -0.05) is 41.2 Å². The van der Waals surface area contributed by atoms with E-state index in [9.17, 15) is 14.4 Å². The number of rotatable bonds is 6. The number of anilines is 1. The summed E-state index contributed by atoms with van der Waals surface area (Å²) in [5.74, 6) is -0.948. The molecule has 29 heavy (non-hydrogen) atoms. The fourth-order valence-electron chi connectivity index (χ4n) is 2.57. The van der Waals surface area contributed by atoms with Crippen LogP contribution in [-0.2, 0) is 16.1 Å². The van der Waals surface area contributed by atoms with Gasteiger partial charge in [0.2, 0.25) is 5.91 Å². The van der Waals surface area contributed by atoms with Crippen molar-refractivity contribution >= 4 is 28.3 Å². The van der Waals surface area contributed by atoms with Crippen LogP contribution in [0.25, 0.3) is 11.3 Å². The van der Waals surface area contributed by atoms with Crippen LogP contribution in [0.4, 0.5) is 5.13 Å². The van der Waals surface area contributed by atoms with Crippen molar-refractivity contribution in [1.82, 2.24) is 14.8 Å². The number of benzene rings is 1. The van der Waals surface area contributed by atoms with Gasteiger partial charge in [0.15, 0.2) is 5.13 Å². The number of thiazole rings is 1. The van der Waals surface area contributed by atoms with E-state index in [0.717, 1.165) is 27.1 Å². The molecule has 1 aromatic carbocycles. The Morgan fingerprint density at radius 1 is 1.14 bits per heavy atom. The quantitative estimate of drug-likeness (QED) is 0.625. The van der Waals surface area contributed by atoms with Crippen LogP contribution in [-0.4, -0.2) is 33.2 Å². The first-order valence-electron chi connectivity index (χ1n) is 8.97. The summed E-state index contributed by atoms with van der Waals surface area (Å²) in [7, 11) is 0. The molecule has 150 valence electrons. The lowest BCUT2D eigenvalue weighted by atomic mass is 10.1. The molecule has 3 aromatic rings. The summed E-state index contributed by atoms with van der Waals surface area (Å²) in [4.78, 5) is 40.9. The van der Waals surface area contributed by atoms with Crippen LogP contribution in [0.5, 0.6) is 0 Å². The lowest BCUT2D eigenvalue weighted by Crippen LogP contribution is -2.29. The molecule has 0 aliphatic rings. The third-order valence-corrected chi connectivity index (χ3v) is 5.06. The third kappa shape index (κ3) is 4.94. The van der Waals surface area contributed by atoms with Gasteiger partial charge in [-0.15, -0.1) is 0 Å². The number of amides is 1. The maximum atomic E-state index is 12.4. The Labute approximate surface area is 171 Å². The molecule has 0 fully saturated rings. The summed E-state index contributed by atoms with van der Waals surface area (Å²) in [6.45, 7) is 5.34. The molecule has 0 unspecified atom stereocenters. The van der Waals surface area contributed by atoms with Crippen LogP contribution in [0, 0.1) is 13.8 Å². The minimum absolute atomic E-state index is 0.254. The van der Waals surface area contributed by atoms with Gasteiger partial charge in [-0.2, -0.15) is 5.10 Å². The number of carbonyl (C=O) groups is 2. The first-order chi connectivity index (χ1) is 13.9. The first kappa shape index (κ1) is 20.4. The van der Waals surface area contributed by atoms with E-state index < -0.39 is 17.4 Å². The molecule has 0 radical (unpaired) electrons. The van der Waals surface area contributed by atoms with Crippen LogP contribution < -0.4 is 10.9 Å². The molecule has 2 heterocycles. The van der Waals surface area contributed by atoms with Gasteiger partial charge in [0, 0.05) is 11.6 Å². The van der Waals surface area contributed by atoms with Crippen molar-refractivity contribution in [3.63, 3.8) is 0 Å². The highest BCUT2D eigenvalue weighted by Crippen LogP contribution is 2.23. The molecule has 0 aliphatic heterocycles. The molecule has 1 N–H and O–H groups in total. The smallest absolute Gasteiger partial charge is 0.350 e. The second-order valence-electron chi connectivity index (χ2n) is 6.28. The molecule has 0 saturated carbocycles. The zero-order valence-corrected chi connectivity index (χ0v) is 17.1. The van der Waals surface area contributed by atoms with Crippen LogP contribution in [0.2, 0.25) is 0 Å². The van der Waals surface area contributed by atoms with Crippen molar-refractivity contribution in [1.29, 1.82) is 0 Å². The number of hydrogen-bond donors (Lipinski definition) is 1. The summed E-state index contributed by atoms with van der Waals surface area (Å²) in [5.41, 5.74) is 2.63. The maximum absolute atomic E-state index is 12.4. The van der Waals surface area contributed by atoms with E-state index in [-0.39, 0.29) is 18.3 Å². The lowest BCUT2D eigenvalue weighted by Gasteiger charge is -2.07. The van der Waals surface area contributed by atoms with Crippen molar-refractivity contribution in [3.05, 3.63) is 62.9 Å². The highest BCUT2D eigenvalue weighted by Gasteiger charge is 2.18. The highest BCUT2D eigenvalue weighted by atomic mass is 32.1. The van der Waals surface area contributed by atoms with Crippen molar-refractivity contribution in [3.8, 4) is 11.3 Å². The molecule has 0 bridgehead atoms. The standard InChI is InChI=1S/C20H20N4O4S/c1-4-28-19(27)18-13(3)21-20(29-18)22-16(25)11-24-17(26)10-9-15(23-24)14-7-5-12(2)6-8-14/h5-10H,4,11H2,1-3H3,(H,21,22,25). The highest BCUT2D eigenvalue weighted by molar-refractivity contribution is 7.17. The van der Waals surface area contributed by atoms with Gasteiger partial charge in [0.1, 0.15) is 11.4 Å². The van der Waals surface area contributed by atoms with Crippen molar-refractivity contribution in [2.75, 3.05) is 11.9 Å². The Hall–Kier alpha value is -3.33. The lowest BCUT2D eigenvalue weighted by molar-refractivity contribution is -0.117. The van der Waals surface area contributed by atoms with Gasteiger partial charge < -0.3 is 10.1 Å². The average molecular weight is 412 g/mol. The van der Waals surface area contributed by atoms with Crippen molar-refractivity contribution in [2.45, 2.75) is 27.3 Å². The fraction of sp³-hybridized carbons (Fsp3) is 0.250. The fourth-order valence-corrected chi connectivity index (χ4v) is 3.45. The molecule has 0 spiro atoms. The van der Waals surface area contributed by atoms with Gasteiger partial charge in [-0.25, -0.2) is 14.5 Å². The molecular weight excluding hydrogens is 392 g/mol. The van der Waals surface area contributed by atoms with Gasteiger partial charge in [-0.05, 0) is 26.8 Å². The second-order valence-corrected chi connectivity index (χ2v) is 7.28. The molecular formula is C20H20N4O4S. The predicted octanol–water partition coefficient (Wildman–Crippen LogP) is 2.80. The molecule has 1 amide bonds. The van der Waals surface area contributed by atoms with Crippen LogP contribution in [0.1, 0.15) is 27.9 Å². The minimum atomic E-state index is -0.480. The van der Waals surface area contributed by atoms with E-state index in [0.29, 0.717) is 16.3 Å². The van der Waals surface area contributed by atoms with E-state index in [1.54, 1.807) is 19.9 Å². The molecule has 8 nitrogen and oxygen atoms in total. The summed E-state index contributed by atoms with van der Waals surface area (Å²) >= 11 is 1.03. The van der Waals surface area contributed by atoms with Gasteiger partial charge >= 0.3 is 5.97 Å². The summed E-state index contributed by atoms with van der Waals surface area (Å²) in [5, 5.41) is 7.15. The van der Waals surface area contributed by atoms with Crippen LogP contribution in [0.15, 0.2) is 41.2 Å². The van der Waals surface area contributed by atoms with E-state index in [1.807, 2.05) is 31.2 Å². The Morgan fingerprint density at radius 2 is 1.86 bits per heavy atom. The summed E-state index contributed by atoms with van der Waals surface area (Å²) in [6, 6.07) is 10.7. The van der Waals surface area contributed by atoms with E-state index in [4.69, 9.17) is 4.74 Å². The number of carbonyl (C=O) groups excluding carboxylic acids is 2. The van der Waals surface area contributed by atoms with Gasteiger partial charge in [-0.3, -0.25) is 9.59 Å². The molecule has 3 rings (SSSR count). The number of nitrogens with one attached hydrogen (secondary N) is 1. The zero-order valence-electron chi connectivity index (χ0n) is 16.3. The molecule has 2 aromatic heterocycles. The number of hydrogen-bond acceptors (Lipinski definition) is 7. The first-order valence-corrected chi connectivity index (χ1v) is 9.78. The minimum Gasteiger partial charge on any atom is -0.462 e. The van der Waals surface area contributed by atoms with E-state index >= 15 is 0 Å². The largest absolute Gasteiger partial charge is 0.462 e. The Morgan fingerprint density at radius 3 is 2.55 bits per heavy atom. The Balaban J connectivity index is 1.75. The van der Waals surface area contributed by atoms with Crippen LogP contribution in [0.3, 0.4) is 0 Å². The average Bonchev–Trinajstić information content (AvgIpc) is 3.04. The molecule has 0 aliphatic carbocycles. The summed E-state index contributed by atoms with van der Waals surface area (Å²) in [6.07, 6.45) is 0. The van der Waals surface area contributed by atoms with Gasteiger partial charge in [0.05, 0.1) is 18.0 Å². The number of nitrogens with zero attached hydrogens (tertiary/aromatic N) is 3. The van der Waals surface area contributed by atoms with Crippen LogP contribution >= 0.6 is 11.3 Å².